The molecule has 0 aromatic heterocycles. The molecular formula is C24H31F6NO3S2. The highest BCUT2D eigenvalue weighted by atomic mass is 32.2. The Balaban J connectivity index is 0.000000671. The number of aryl methyl sites for hydroxylation is 2. The minimum Gasteiger partial charge on any atom is -0.496 e. The van der Waals surface area contributed by atoms with E-state index >= 15 is 0 Å². The molecule has 0 atom stereocenters. The van der Waals surface area contributed by atoms with Crippen LogP contribution in [0.3, 0.4) is 0 Å². The van der Waals surface area contributed by atoms with Crippen molar-refractivity contribution in [3.63, 3.8) is 0 Å². The van der Waals surface area contributed by atoms with Crippen LogP contribution in [0.15, 0.2) is 34.1 Å². The molecule has 0 radical (unpaired) electrons. The number of halogens is 6. The van der Waals surface area contributed by atoms with Crippen LogP contribution in [0, 0.1) is 13.8 Å². The number of benzene rings is 2. The van der Waals surface area contributed by atoms with Crippen LogP contribution in [0.2, 0.25) is 0 Å². The molecule has 2 aromatic rings. The zero-order valence-electron chi connectivity index (χ0n) is 19.8. The summed E-state index contributed by atoms with van der Waals surface area (Å²) in [7, 11) is 2.94. The maximum absolute atomic E-state index is 12.2. The number of hydrogen-bond acceptors (Lipinski definition) is 6. The van der Waals surface area contributed by atoms with Crippen molar-refractivity contribution in [2.75, 3.05) is 31.5 Å². The fourth-order valence-electron chi connectivity index (χ4n) is 2.78. The predicted octanol–water partition coefficient (Wildman–Crippen LogP) is 7.67. The van der Waals surface area contributed by atoms with E-state index in [0.29, 0.717) is 38.1 Å². The number of alkyl halides is 6. The molecule has 0 bridgehead atoms. The maximum Gasteiger partial charge on any atom is 0.398 e. The molecule has 0 spiro atoms. The summed E-state index contributed by atoms with van der Waals surface area (Å²) in [5, 5.41) is 0. The molecule has 0 aliphatic carbocycles. The van der Waals surface area contributed by atoms with Gasteiger partial charge in [0.15, 0.2) is 0 Å². The molecule has 2 N–H and O–H groups in total. The Kier molecular flexibility index (Phi) is 13.6. The number of ketones is 1. The normalized spacial score (nSPS) is 11.2. The average Bonchev–Trinajstić information content (AvgIpc) is 2.72. The van der Waals surface area contributed by atoms with Crippen LogP contribution in [0.5, 0.6) is 11.5 Å². The number of methoxy groups -OCH3 is 2. The van der Waals surface area contributed by atoms with Crippen molar-refractivity contribution in [1.29, 1.82) is 0 Å². The van der Waals surface area contributed by atoms with E-state index in [0.717, 1.165) is 29.1 Å². The minimum absolute atomic E-state index is 0. The molecule has 0 heterocycles. The largest absolute Gasteiger partial charge is 0.496 e. The van der Waals surface area contributed by atoms with E-state index in [-0.39, 0.29) is 19.6 Å². The van der Waals surface area contributed by atoms with Crippen LogP contribution in [0.1, 0.15) is 31.0 Å². The molecule has 2 rings (SSSR count). The highest BCUT2D eigenvalue weighted by Crippen LogP contribution is 2.35. The van der Waals surface area contributed by atoms with Crippen LogP contribution in [-0.2, 0) is 11.2 Å². The first-order valence-electron chi connectivity index (χ1n) is 10.1. The van der Waals surface area contributed by atoms with Crippen molar-refractivity contribution >= 4 is 35.0 Å². The molecule has 4 nitrogen and oxygen atoms in total. The number of anilines is 1. The van der Waals surface area contributed by atoms with Gasteiger partial charge in [-0.05, 0) is 56.2 Å². The van der Waals surface area contributed by atoms with Crippen LogP contribution in [0.25, 0.3) is 0 Å². The summed E-state index contributed by atoms with van der Waals surface area (Å²) in [5.41, 5.74) is 8.01. The van der Waals surface area contributed by atoms with E-state index in [4.69, 9.17) is 15.2 Å². The molecular weight excluding hydrogens is 528 g/mol. The van der Waals surface area contributed by atoms with Gasteiger partial charge in [-0.2, -0.15) is 26.3 Å². The Morgan fingerprint density at radius 1 is 0.833 bits per heavy atom. The minimum atomic E-state index is -4.21. The number of ether oxygens (including phenoxy) is 2. The first kappa shape index (κ1) is 33.8. The van der Waals surface area contributed by atoms with E-state index in [1.54, 1.807) is 32.0 Å². The molecule has 2 aromatic carbocycles. The van der Waals surface area contributed by atoms with Gasteiger partial charge < -0.3 is 15.2 Å². The second kappa shape index (κ2) is 14.5. The quantitative estimate of drug-likeness (QED) is 0.204. The van der Waals surface area contributed by atoms with Gasteiger partial charge in [-0.1, -0.05) is 7.43 Å². The Labute approximate surface area is 216 Å². The summed E-state index contributed by atoms with van der Waals surface area (Å²) in [4.78, 5) is 12.2. The van der Waals surface area contributed by atoms with Crippen LogP contribution in [0.4, 0.5) is 32.0 Å². The van der Waals surface area contributed by atoms with Crippen LogP contribution < -0.4 is 15.2 Å². The molecule has 0 saturated heterocycles. The molecule has 12 heteroatoms. The third-order valence-corrected chi connectivity index (χ3v) is 6.77. The van der Waals surface area contributed by atoms with Gasteiger partial charge in [0, 0.05) is 21.8 Å². The zero-order valence-corrected chi connectivity index (χ0v) is 21.5. The van der Waals surface area contributed by atoms with Crippen LogP contribution in [-0.4, -0.2) is 43.9 Å². The zero-order chi connectivity index (χ0) is 27.0. The third-order valence-electron chi connectivity index (χ3n) is 4.33. The van der Waals surface area contributed by atoms with E-state index in [9.17, 15) is 31.1 Å². The van der Waals surface area contributed by atoms with Gasteiger partial charge in [0.2, 0.25) is 0 Å². The van der Waals surface area contributed by atoms with Gasteiger partial charge in [0.05, 0.1) is 31.4 Å². The molecule has 0 amide bonds. The summed E-state index contributed by atoms with van der Waals surface area (Å²) in [5.74, 6) is -0.911. The van der Waals surface area contributed by atoms with Crippen molar-refractivity contribution in [3.8, 4) is 11.5 Å². The number of nitrogen functional groups attached to an aromatic ring is 1. The molecule has 0 unspecified atom stereocenters. The number of hydrogen-bond donors (Lipinski definition) is 1. The fraction of sp³-hybridized carbons (Fsp3) is 0.458. The van der Waals surface area contributed by atoms with Gasteiger partial charge in [-0.3, -0.25) is 4.79 Å². The van der Waals surface area contributed by atoms with E-state index in [1.807, 2.05) is 0 Å². The Bertz CT molecular complexity index is 1010. The Morgan fingerprint density at radius 2 is 1.25 bits per heavy atom. The second-order valence-electron chi connectivity index (χ2n) is 7.48. The van der Waals surface area contributed by atoms with Crippen molar-refractivity contribution in [1.82, 2.24) is 0 Å². The van der Waals surface area contributed by atoms with Crippen molar-refractivity contribution in [2.24, 2.45) is 0 Å². The predicted molar refractivity (Wildman–Crippen MR) is 135 cm³/mol. The lowest BCUT2D eigenvalue weighted by molar-refractivity contribution is -0.116. The van der Waals surface area contributed by atoms with Gasteiger partial charge in [0.25, 0.3) is 0 Å². The first-order chi connectivity index (χ1) is 16.1. The molecule has 0 aliphatic rings. The van der Waals surface area contributed by atoms with Gasteiger partial charge >= 0.3 is 12.4 Å². The third kappa shape index (κ3) is 12.2. The molecule has 204 valence electrons. The summed E-state index contributed by atoms with van der Waals surface area (Å²) in [6.45, 7) is 4.88. The topological polar surface area (TPSA) is 61.5 Å². The van der Waals surface area contributed by atoms with Crippen LogP contribution >= 0.6 is 23.5 Å². The van der Waals surface area contributed by atoms with Gasteiger partial charge in [0.1, 0.15) is 17.3 Å². The summed E-state index contributed by atoms with van der Waals surface area (Å²) >= 11 is 1.45. The number of nitrogens with two attached hydrogens (primary N) is 1. The molecule has 0 aliphatic heterocycles. The Morgan fingerprint density at radius 3 is 1.64 bits per heavy atom. The lowest BCUT2D eigenvalue weighted by Crippen LogP contribution is -2.11. The highest BCUT2D eigenvalue weighted by Gasteiger charge is 2.28. The van der Waals surface area contributed by atoms with Gasteiger partial charge in [-0.25, -0.2) is 0 Å². The number of Topliss-reactive ketones (excluding diaryl/α,β-unsaturated/α-hetero) is 1. The maximum atomic E-state index is 12.2. The van der Waals surface area contributed by atoms with Crippen molar-refractivity contribution in [3.05, 3.63) is 41.0 Å². The van der Waals surface area contributed by atoms with Crippen molar-refractivity contribution < 1.29 is 40.6 Å². The lowest BCUT2D eigenvalue weighted by Gasteiger charge is -2.13. The van der Waals surface area contributed by atoms with E-state index in [1.165, 1.54) is 27.2 Å². The summed E-state index contributed by atoms with van der Waals surface area (Å²) in [6.07, 6.45) is -8.23. The monoisotopic (exact) mass is 559 g/mol. The van der Waals surface area contributed by atoms with E-state index < -0.39 is 23.9 Å². The molecule has 0 fully saturated rings. The molecule has 36 heavy (non-hydrogen) atoms. The number of carbonyl (C=O) groups is 1. The van der Waals surface area contributed by atoms with E-state index in [2.05, 4.69) is 0 Å². The number of carbonyl (C=O) groups excluding carboxylic acids is 1. The molecule has 0 saturated carbocycles. The number of rotatable bonds is 8. The number of thioether (sulfide) groups is 2. The summed E-state index contributed by atoms with van der Waals surface area (Å²) in [6, 6.07) is 6.40. The van der Waals surface area contributed by atoms with Gasteiger partial charge in [-0.15, -0.1) is 23.5 Å². The first-order valence-corrected chi connectivity index (χ1v) is 12.0. The van der Waals surface area contributed by atoms with Crippen molar-refractivity contribution in [2.45, 2.75) is 56.8 Å². The Hall–Kier alpha value is -2.21. The highest BCUT2D eigenvalue weighted by molar-refractivity contribution is 7.99. The fourth-order valence-corrected chi connectivity index (χ4v) is 4.43. The summed E-state index contributed by atoms with van der Waals surface area (Å²) < 4.78 is 82.9. The SMILES string of the molecule is C.COc1cc(C)c(SCC(F)(F)F)cc1CC(C)=O.COc1cc(C)c(SCC(F)(F)F)cc1N. The second-order valence-corrected chi connectivity index (χ2v) is 9.51. The average molecular weight is 560 g/mol. The standard InChI is InChI=1S/C13H15F3O2S.C10H12F3NOS.CH4/c1-8-4-11(18-3)10(5-9(2)17)6-12(8)19-7-13(14,15)16;1-6-3-8(15-2)7(14)4-9(6)16-5-10(11,12)13;/h4,6H,5,7H2,1-3H3;3-4H,5,14H2,1-2H3;1H4. The smallest absolute Gasteiger partial charge is 0.398 e. The lowest BCUT2D eigenvalue weighted by atomic mass is 10.1.